The van der Waals surface area contributed by atoms with Gasteiger partial charge in [0.15, 0.2) is 17.3 Å². The van der Waals surface area contributed by atoms with Crippen LogP contribution in [-0.4, -0.2) is 31.3 Å². The number of aromatic nitrogens is 3. The standard InChI is InChI=1S/C13H10N4O3S/c18-9-4-3-8(6-10(9)19)7-14-17-12(15-16-13(17)21)11-2-1-5-20-11/h1-7,18-19H,(H,16,21). The summed E-state index contributed by atoms with van der Waals surface area (Å²) < 4.78 is 6.97. The number of nitrogens with zero attached hydrogens (tertiary/aromatic N) is 3. The van der Waals surface area contributed by atoms with Gasteiger partial charge in [-0.1, -0.05) is 0 Å². The molecule has 1 aromatic carbocycles. The average molecular weight is 302 g/mol. The quantitative estimate of drug-likeness (QED) is 0.392. The summed E-state index contributed by atoms with van der Waals surface area (Å²) in [5.41, 5.74) is 0.596. The van der Waals surface area contributed by atoms with E-state index in [0.717, 1.165) is 0 Å². The van der Waals surface area contributed by atoms with E-state index in [2.05, 4.69) is 15.3 Å². The van der Waals surface area contributed by atoms with Crippen molar-refractivity contribution in [3.8, 4) is 23.1 Å². The van der Waals surface area contributed by atoms with Gasteiger partial charge in [0, 0.05) is 0 Å². The number of H-pyrrole nitrogens is 1. The first-order valence-electron chi connectivity index (χ1n) is 5.93. The van der Waals surface area contributed by atoms with Gasteiger partial charge in [-0.15, -0.1) is 5.10 Å². The Morgan fingerprint density at radius 3 is 2.86 bits per heavy atom. The van der Waals surface area contributed by atoms with E-state index in [-0.39, 0.29) is 11.5 Å². The second kappa shape index (κ2) is 5.25. The number of aromatic amines is 1. The lowest BCUT2D eigenvalue weighted by Gasteiger charge is -1.99. The molecule has 0 aliphatic rings. The van der Waals surface area contributed by atoms with Crippen LogP contribution in [0.4, 0.5) is 0 Å². The van der Waals surface area contributed by atoms with E-state index in [1.54, 1.807) is 18.2 Å². The van der Waals surface area contributed by atoms with Crippen molar-refractivity contribution >= 4 is 18.4 Å². The average Bonchev–Trinajstić information content (AvgIpc) is 3.10. The minimum Gasteiger partial charge on any atom is -0.504 e. The van der Waals surface area contributed by atoms with Gasteiger partial charge in [-0.3, -0.25) is 0 Å². The molecule has 3 rings (SSSR count). The highest BCUT2D eigenvalue weighted by Crippen LogP contribution is 2.24. The van der Waals surface area contributed by atoms with E-state index in [1.165, 1.54) is 29.3 Å². The topological polar surface area (TPSA) is 99.6 Å². The van der Waals surface area contributed by atoms with Crippen molar-refractivity contribution in [3.05, 3.63) is 46.9 Å². The van der Waals surface area contributed by atoms with Crippen LogP contribution in [0.1, 0.15) is 5.56 Å². The molecule has 0 unspecified atom stereocenters. The van der Waals surface area contributed by atoms with Gasteiger partial charge in [0.2, 0.25) is 10.6 Å². The number of hydrogen-bond acceptors (Lipinski definition) is 6. The van der Waals surface area contributed by atoms with Crippen molar-refractivity contribution in [3.63, 3.8) is 0 Å². The fraction of sp³-hybridized carbons (Fsp3) is 0. The molecule has 0 saturated carbocycles. The van der Waals surface area contributed by atoms with E-state index in [0.29, 0.717) is 21.9 Å². The first-order chi connectivity index (χ1) is 10.1. The third-order valence-corrected chi connectivity index (χ3v) is 2.98. The highest BCUT2D eigenvalue weighted by Gasteiger charge is 2.10. The number of phenols is 2. The lowest BCUT2D eigenvalue weighted by molar-refractivity contribution is 0.403. The number of phenolic OH excluding ortho intramolecular Hbond substituents is 2. The van der Waals surface area contributed by atoms with E-state index < -0.39 is 0 Å². The largest absolute Gasteiger partial charge is 0.504 e. The zero-order valence-electron chi connectivity index (χ0n) is 10.6. The van der Waals surface area contributed by atoms with Gasteiger partial charge in [0.05, 0.1) is 12.5 Å². The molecule has 0 bridgehead atoms. The Morgan fingerprint density at radius 1 is 1.29 bits per heavy atom. The van der Waals surface area contributed by atoms with Crippen LogP contribution in [0.5, 0.6) is 11.5 Å². The Bertz CT molecular complexity index is 849. The molecule has 8 heteroatoms. The first-order valence-corrected chi connectivity index (χ1v) is 6.33. The maximum absolute atomic E-state index is 9.44. The van der Waals surface area contributed by atoms with E-state index in [1.807, 2.05) is 0 Å². The molecule has 0 aliphatic carbocycles. The van der Waals surface area contributed by atoms with E-state index in [4.69, 9.17) is 16.6 Å². The number of rotatable bonds is 3. The molecule has 3 N–H and O–H groups in total. The predicted molar refractivity (Wildman–Crippen MR) is 77.9 cm³/mol. The Balaban J connectivity index is 1.98. The Labute approximate surface area is 123 Å². The normalized spacial score (nSPS) is 11.2. The number of furan rings is 1. The van der Waals surface area contributed by atoms with Gasteiger partial charge in [0.25, 0.3) is 0 Å². The molecule has 2 aromatic heterocycles. The van der Waals surface area contributed by atoms with Crippen molar-refractivity contribution in [1.82, 2.24) is 14.9 Å². The first kappa shape index (κ1) is 13.1. The van der Waals surface area contributed by atoms with E-state index in [9.17, 15) is 10.2 Å². The van der Waals surface area contributed by atoms with Crippen LogP contribution in [0.25, 0.3) is 11.6 Å². The predicted octanol–water partition coefficient (Wildman–Crippen LogP) is 2.49. The zero-order valence-corrected chi connectivity index (χ0v) is 11.4. The third kappa shape index (κ3) is 2.56. The van der Waals surface area contributed by atoms with Crippen LogP contribution in [0.3, 0.4) is 0 Å². The summed E-state index contributed by atoms with van der Waals surface area (Å²) in [6.07, 6.45) is 3.01. The number of nitrogens with one attached hydrogen (secondary N) is 1. The molecule has 3 aromatic rings. The molecule has 0 fully saturated rings. The fourth-order valence-electron chi connectivity index (χ4n) is 1.71. The van der Waals surface area contributed by atoms with Gasteiger partial charge < -0.3 is 14.6 Å². The zero-order chi connectivity index (χ0) is 14.8. The van der Waals surface area contributed by atoms with Crippen LogP contribution in [0.2, 0.25) is 0 Å². The number of aromatic hydroxyl groups is 2. The minimum absolute atomic E-state index is 0.191. The van der Waals surface area contributed by atoms with Crippen molar-refractivity contribution in [2.75, 3.05) is 0 Å². The van der Waals surface area contributed by atoms with Gasteiger partial charge in [-0.05, 0) is 48.1 Å². The molecule has 0 saturated heterocycles. The highest BCUT2D eigenvalue weighted by atomic mass is 32.1. The molecular weight excluding hydrogens is 292 g/mol. The van der Waals surface area contributed by atoms with Gasteiger partial charge >= 0.3 is 0 Å². The van der Waals surface area contributed by atoms with Crippen molar-refractivity contribution in [2.45, 2.75) is 0 Å². The van der Waals surface area contributed by atoms with Crippen molar-refractivity contribution in [2.24, 2.45) is 5.10 Å². The Hall–Kier alpha value is -2.87. The summed E-state index contributed by atoms with van der Waals surface area (Å²) >= 11 is 5.11. The van der Waals surface area contributed by atoms with Gasteiger partial charge in [0.1, 0.15) is 0 Å². The number of benzene rings is 1. The Morgan fingerprint density at radius 2 is 2.14 bits per heavy atom. The monoisotopic (exact) mass is 302 g/mol. The van der Waals surface area contributed by atoms with Crippen LogP contribution < -0.4 is 0 Å². The molecule has 0 spiro atoms. The van der Waals surface area contributed by atoms with Gasteiger partial charge in [-0.2, -0.15) is 9.78 Å². The Kier molecular flexibility index (Phi) is 3.28. The van der Waals surface area contributed by atoms with Crippen molar-refractivity contribution in [1.29, 1.82) is 0 Å². The second-order valence-corrected chi connectivity index (χ2v) is 4.52. The summed E-state index contributed by atoms with van der Waals surface area (Å²) in [6, 6.07) is 7.84. The van der Waals surface area contributed by atoms with Crippen molar-refractivity contribution < 1.29 is 14.6 Å². The molecule has 21 heavy (non-hydrogen) atoms. The molecule has 106 valence electrons. The van der Waals surface area contributed by atoms with Crippen LogP contribution in [-0.2, 0) is 0 Å². The molecule has 0 atom stereocenters. The van der Waals surface area contributed by atoms with Crippen LogP contribution in [0, 0.1) is 4.77 Å². The molecule has 7 nitrogen and oxygen atoms in total. The molecule has 0 aliphatic heterocycles. The summed E-state index contributed by atoms with van der Waals surface area (Å²) in [7, 11) is 0. The van der Waals surface area contributed by atoms with Gasteiger partial charge in [-0.25, -0.2) is 5.10 Å². The second-order valence-electron chi connectivity index (χ2n) is 4.13. The smallest absolute Gasteiger partial charge is 0.219 e. The summed E-state index contributed by atoms with van der Waals surface area (Å²) in [5.74, 6) is 0.543. The van der Waals surface area contributed by atoms with Crippen LogP contribution >= 0.6 is 12.2 Å². The maximum atomic E-state index is 9.44. The molecule has 0 radical (unpaired) electrons. The molecule has 2 heterocycles. The summed E-state index contributed by atoms with van der Waals surface area (Å²) in [5, 5.41) is 29.6. The molecule has 0 amide bonds. The van der Waals surface area contributed by atoms with E-state index >= 15 is 0 Å². The third-order valence-electron chi connectivity index (χ3n) is 2.71. The number of hydrogen-bond donors (Lipinski definition) is 3. The minimum atomic E-state index is -0.221. The summed E-state index contributed by atoms with van der Waals surface area (Å²) in [6.45, 7) is 0. The lowest BCUT2D eigenvalue weighted by Crippen LogP contribution is -1.94. The fourth-order valence-corrected chi connectivity index (χ4v) is 1.89. The SMILES string of the molecule is Oc1ccc(C=Nn2c(-c3ccco3)n[nH]c2=S)cc1O. The maximum Gasteiger partial charge on any atom is 0.219 e. The summed E-state index contributed by atoms with van der Waals surface area (Å²) in [4.78, 5) is 0. The van der Waals surface area contributed by atoms with Crippen LogP contribution in [0.15, 0.2) is 46.1 Å². The lowest BCUT2D eigenvalue weighted by atomic mass is 10.2. The molecular formula is C13H10N4O3S. The highest BCUT2D eigenvalue weighted by molar-refractivity contribution is 7.71.